The van der Waals surface area contributed by atoms with E-state index in [4.69, 9.17) is 14.3 Å². The van der Waals surface area contributed by atoms with E-state index in [1.54, 1.807) is 42.5 Å². The van der Waals surface area contributed by atoms with Gasteiger partial charge < -0.3 is 19.4 Å². The van der Waals surface area contributed by atoms with Crippen LogP contribution in [0.3, 0.4) is 0 Å². The van der Waals surface area contributed by atoms with Gasteiger partial charge in [0.2, 0.25) is 0 Å². The smallest absolute Gasteiger partial charge is 0.350 e. The number of ether oxygens (including phenoxy) is 2. The van der Waals surface area contributed by atoms with Gasteiger partial charge in [-0.1, -0.05) is 35.5 Å². The third-order valence-corrected chi connectivity index (χ3v) is 7.27. The van der Waals surface area contributed by atoms with E-state index in [0.717, 1.165) is 12.0 Å². The van der Waals surface area contributed by atoms with Gasteiger partial charge in [0.25, 0.3) is 5.91 Å². The molecule has 1 aliphatic carbocycles. The first-order chi connectivity index (χ1) is 17.3. The zero-order valence-electron chi connectivity index (χ0n) is 19.7. The molecule has 3 aliphatic rings. The average molecular weight is 490 g/mol. The molecule has 0 saturated heterocycles. The molecule has 1 spiro atoms. The highest BCUT2D eigenvalue weighted by molar-refractivity contribution is 6.31. The lowest BCUT2D eigenvalue weighted by molar-refractivity contribution is -0.164. The maximum Gasteiger partial charge on any atom is 0.350 e. The van der Waals surface area contributed by atoms with Crippen molar-refractivity contribution in [1.82, 2.24) is 0 Å². The second kappa shape index (κ2) is 8.04. The second-order valence-corrected chi connectivity index (χ2v) is 8.72. The first-order valence-electron chi connectivity index (χ1n) is 11.1. The van der Waals surface area contributed by atoms with Crippen molar-refractivity contribution in [3.8, 4) is 5.75 Å². The van der Waals surface area contributed by atoms with E-state index >= 15 is 0 Å². The van der Waals surface area contributed by atoms with Crippen molar-refractivity contribution < 1.29 is 38.6 Å². The number of carbonyl (C=O) groups excluding carboxylic acids is 4. The van der Waals surface area contributed by atoms with Crippen LogP contribution < -0.4 is 9.64 Å². The molecule has 1 saturated carbocycles. The van der Waals surface area contributed by atoms with Crippen LogP contribution >= 0.6 is 0 Å². The number of esters is 1. The summed E-state index contributed by atoms with van der Waals surface area (Å²) in [6, 6.07) is 14.7. The van der Waals surface area contributed by atoms with E-state index in [0.29, 0.717) is 11.3 Å². The largest absolute Gasteiger partial charge is 0.503 e. The molecule has 184 valence electrons. The van der Waals surface area contributed by atoms with E-state index in [2.05, 4.69) is 5.16 Å². The Bertz CT molecular complexity index is 1360. The van der Waals surface area contributed by atoms with Gasteiger partial charge in [-0.2, -0.15) is 0 Å². The minimum Gasteiger partial charge on any atom is -0.503 e. The number of Topliss-reactive ketones (excluding diaryl/α,β-unsaturated/α-hetero) is 1. The van der Waals surface area contributed by atoms with Crippen LogP contribution in [-0.4, -0.2) is 54.2 Å². The zero-order chi connectivity index (χ0) is 25.8. The van der Waals surface area contributed by atoms with Gasteiger partial charge in [0.05, 0.1) is 25.5 Å². The van der Waals surface area contributed by atoms with Crippen LogP contribution in [-0.2, 0) is 28.8 Å². The van der Waals surface area contributed by atoms with E-state index in [1.165, 1.54) is 26.2 Å². The summed E-state index contributed by atoms with van der Waals surface area (Å²) in [7, 11) is 2.54. The number of hydrogen-bond acceptors (Lipinski definition) is 9. The number of oxime groups is 1. The number of aliphatic hydroxyl groups is 1. The third kappa shape index (κ3) is 2.63. The Morgan fingerprint density at radius 3 is 2.31 bits per heavy atom. The molecule has 1 amide bonds. The number of amides is 1. The minimum atomic E-state index is -2.42. The Morgan fingerprint density at radius 1 is 1.08 bits per heavy atom. The number of anilines is 1. The van der Waals surface area contributed by atoms with Gasteiger partial charge in [-0.3, -0.25) is 14.5 Å². The summed E-state index contributed by atoms with van der Waals surface area (Å²) >= 11 is 0. The molecule has 0 bridgehead atoms. The number of aliphatic hydroxyl groups excluding tert-OH is 1. The third-order valence-electron chi connectivity index (χ3n) is 7.27. The fourth-order valence-electron chi connectivity index (χ4n) is 5.85. The number of rotatable bonds is 4. The molecular formula is C26H22N2O8. The van der Waals surface area contributed by atoms with Crippen molar-refractivity contribution in [2.45, 2.75) is 24.8 Å². The summed E-state index contributed by atoms with van der Waals surface area (Å²) in [4.78, 5) is 61.1. The van der Waals surface area contributed by atoms with Crippen molar-refractivity contribution in [3.63, 3.8) is 0 Å². The van der Waals surface area contributed by atoms with Crippen LogP contribution in [0.4, 0.5) is 5.69 Å². The first kappa shape index (κ1) is 23.3. The Morgan fingerprint density at radius 2 is 1.75 bits per heavy atom. The Hall–Kier alpha value is -4.47. The number of nitrogens with zero attached hydrogens (tertiary/aromatic N) is 2. The highest BCUT2D eigenvalue weighted by Gasteiger charge is 2.81. The predicted molar refractivity (Wildman–Crippen MR) is 125 cm³/mol. The van der Waals surface area contributed by atoms with Crippen LogP contribution in [0.2, 0.25) is 0 Å². The molecule has 36 heavy (non-hydrogen) atoms. The quantitative estimate of drug-likeness (QED) is 0.511. The highest BCUT2D eigenvalue weighted by Crippen LogP contribution is 2.63. The van der Waals surface area contributed by atoms with Crippen molar-refractivity contribution in [3.05, 3.63) is 71.5 Å². The Labute approximate surface area is 205 Å². The molecule has 10 nitrogen and oxygen atoms in total. The predicted octanol–water partition coefficient (Wildman–Crippen LogP) is 2.44. The number of carbonyl (C=O) groups is 4. The van der Waals surface area contributed by atoms with Gasteiger partial charge in [-0.05, 0) is 36.8 Å². The normalized spacial score (nSPS) is 27.2. The fraction of sp³-hybridized carbons (Fsp3) is 0.269. The first-order valence-corrected chi connectivity index (χ1v) is 11.1. The molecule has 2 aliphatic heterocycles. The average Bonchev–Trinajstić information content (AvgIpc) is 3.33. The summed E-state index contributed by atoms with van der Waals surface area (Å²) in [5.41, 5.74) is -4.20. The van der Waals surface area contributed by atoms with Crippen molar-refractivity contribution >= 4 is 35.0 Å². The lowest BCUT2D eigenvalue weighted by atomic mass is 9.50. The molecule has 5 rings (SSSR count). The van der Waals surface area contributed by atoms with Crippen molar-refractivity contribution in [2.75, 3.05) is 19.1 Å². The van der Waals surface area contributed by atoms with Crippen molar-refractivity contribution in [1.29, 1.82) is 0 Å². The molecule has 0 radical (unpaired) electrons. The molecular weight excluding hydrogens is 468 g/mol. The van der Waals surface area contributed by atoms with Crippen LogP contribution in [0, 0.1) is 5.41 Å². The van der Waals surface area contributed by atoms with E-state index < -0.39 is 51.8 Å². The molecule has 1 fully saturated rings. The number of ketones is 1. The summed E-state index contributed by atoms with van der Waals surface area (Å²) in [5.74, 6) is -5.17. The van der Waals surface area contributed by atoms with E-state index in [-0.39, 0.29) is 17.8 Å². The minimum absolute atomic E-state index is 0.0674. The zero-order valence-corrected chi connectivity index (χ0v) is 19.7. The van der Waals surface area contributed by atoms with Gasteiger partial charge >= 0.3 is 11.9 Å². The lowest BCUT2D eigenvalue weighted by Crippen LogP contribution is -2.73. The second-order valence-electron chi connectivity index (χ2n) is 8.72. The summed E-state index contributed by atoms with van der Waals surface area (Å²) in [6.45, 7) is 1.49. The molecule has 2 aromatic rings. The number of fused-ring (bicyclic) bond motifs is 2. The van der Waals surface area contributed by atoms with Gasteiger partial charge in [-0.25, -0.2) is 9.59 Å². The Kier molecular flexibility index (Phi) is 5.20. The molecule has 3 atom stereocenters. The van der Waals surface area contributed by atoms with Gasteiger partial charge in [-0.15, -0.1) is 0 Å². The van der Waals surface area contributed by atoms with Gasteiger partial charge in [0.15, 0.2) is 22.5 Å². The number of benzene rings is 2. The highest BCUT2D eigenvalue weighted by atomic mass is 16.7. The van der Waals surface area contributed by atoms with Gasteiger partial charge in [0, 0.05) is 18.0 Å². The number of hydrogen-bond donors (Lipinski definition) is 1. The molecule has 2 heterocycles. The molecule has 2 aromatic carbocycles. The van der Waals surface area contributed by atoms with Gasteiger partial charge in [0.1, 0.15) is 5.75 Å². The molecule has 10 heteroatoms. The van der Waals surface area contributed by atoms with E-state index in [9.17, 15) is 24.3 Å². The standard InChI is InChI=1S/C26H22N2O8/c1-14-25(23(32)36-27-14)18(15-7-5-4-6-8-15)13-19(29)20-21(30)22(31)28(26(20,25)24(33)35-3)16-9-11-17(34-2)12-10-16/h4-12,18,30H,13H2,1-3H3/t18-,25-,26+/m1/s1. The van der Waals surface area contributed by atoms with Crippen LogP contribution in [0.15, 0.2) is 71.1 Å². The maximum atomic E-state index is 13.9. The van der Waals surface area contributed by atoms with Crippen LogP contribution in [0.25, 0.3) is 0 Å². The van der Waals surface area contributed by atoms with E-state index in [1.807, 2.05) is 0 Å². The maximum absolute atomic E-state index is 13.9. The SMILES string of the molecule is COC(=O)[C@]12C(=C(O)C(=O)N1c1ccc(OC)cc1)C(=O)C[C@H](c1ccccc1)[C@]21C(=O)ON=C1C. The molecule has 0 aromatic heterocycles. The molecule has 1 N–H and O–H groups in total. The summed E-state index contributed by atoms with van der Waals surface area (Å²) < 4.78 is 10.4. The summed E-state index contributed by atoms with van der Waals surface area (Å²) in [6.07, 6.45) is -0.284. The van der Waals surface area contributed by atoms with Crippen LogP contribution in [0.5, 0.6) is 5.75 Å². The number of methoxy groups -OCH3 is 2. The Balaban J connectivity index is 1.92. The summed E-state index contributed by atoms with van der Waals surface area (Å²) in [5, 5.41) is 14.9. The topological polar surface area (TPSA) is 132 Å². The fourth-order valence-corrected chi connectivity index (χ4v) is 5.85. The lowest BCUT2D eigenvalue weighted by Gasteiger charge is -2.52. The van der Waals surface area contributed by atoms with Crippen LogP contribution in [0.1, 0.15) is 24.8 Å². The van der Waals surface area contributed by atoms with Crippen molar-refractivity contribution in [2.24, 2.45) is 10.6 Å². The molecule has 0 unspecified atom stereocenters. The monoisotopic (exact) mass is 490 g/mol.